The topological polar surface area (TPSA) is 92.7 Å². The van der Waals surface area contributed by atoms with Crippen molar-refractivity contribution in [1.82, 2.24) is 4.72 Å². The average molecular weight is 273 g/mol. The Morgan fingerprint density at radius 3 is 2.44 bits per heavy atom. The number of benzene rings is 1. The van der Waals surface area contributed by atoms with Gasteiger partial charge < -0.3 is 9.84 Å². The number of carbonyl (C=O) groups is 1. The van der Waals surface area contributed by atoms with Crippen molar-refractivity contribution in [2.75, 3.05) is 19.5 Å². The summed E-state index contributed by atoms with van der Waals surface area (Å²) in [5.41, 5.74) is 0.863. The third-order valence-electron chi connectivity index (χ3n) is 2.25. The van der Waals surface area contributed by atoms with Crippen molar-refractivity contribution in [2.24, 2.45) is 0 Å². The minimum atomic E-state index is -3.36. The van der Waals surface area contributed by atoms with Gasteiger partial charge in [0.2, 0.25) is 10.0 Å². The van der Waals surface area contributed by atoms with Gasteiger partial charge in [0.25, 0.3) is 0 Å². The SMILES string of the molecule is COCCS(=O)(=O)NCc1ccc(C(=O)O)cc1. The minimum absolute atomic E-state index is 0.100. The second kappa shape index (κ2) is 6.48. The fraction of sp³-hybridized carbons (Fsp3) is 0.364. The average Bonchev–Trinajstić information content (AvgIpc) is 2.35. The number of methoxy groups -OCH3 is 1. The Labute approximate surface area is 106 Å². The highest BCUT2D eigenvalue weighted by atomic mass is 32.2. The molecule has 0 saturated heterocycles. The number of carboxylic acid groups (broad SMARTS) is 1. The van der Waals surface area contributed by atoms with Gasteiger partial charge in [-0.1, -0.05) is 12.1 Å². The minimum Gasteiger partial charge on any atom is -0.478 e. The second-order valence-corrected chi connectivity index (χ2v) is 5.56. The lowest BCUT2D eigenvalue weighted by Gasteiger charge is -2.06. The molecule has 1 aromatic rings. The first-order chi connectivity index (χ1) is 8.44. The largest absolute Gasteiger partial charge is 0.478 e. The number of aromatic carboxylic acids is 1. The molecule has 0 spiro atoms. The van der Waals surface area contributed by atoms with Gasteiger partial charge in [-0.3, -0.25) is 0 Å². The molecule has 7 heteroatoms. The summed E-state index contributed by atoms with van der Waals surface area (Å²) < 4.78 is 30.0. The summed E-state index contributed by atoms with van der Waals surface area (Å²) in [6.07, 6.45) is 0. The normalized spacial score (nSPS) is 11.4. The number of hydrogen-bond donors (Lipinski definition) is 2. The van der Waals surface area contributed by atoms with Crippen LogP contribution in [0.1, 0.15) is 15.9 Å². The van der Waals surface area contributed by atoms with Gasteiger partial charge in [-0.2, -0.15) is 0 Å². The van der Waals surface area contributed by atoms with Crippen molar-refractivity contribution in [3.8, 4) is 0 Å². The van der Waals surface area contributed by atoms with Gasteiger partial charge in [-0.05, 0) is 17.7 Å². The zero-order valence-electron chi connectivity index (χ0n) is 9.92. The second-order valence-electron chi connectivity index (χ2n) is 3.63. The van der Waals surface area contributed by atoms with E-state index in [0.717, 1.165) is 0 Å². The molecule has 0 fully saturated rings. The molecule has 18 heavy (non-hydrogen) atoms. The summed E-state index contributed by atoms with van der Waals surface area (Å²) in [4.78, 5) is 10.6. The molecular weight excluding hydrogens is 258 g/mol. The summed E-state index contributed by atoms with van der Waals surface area (Å²) in [7, 11) is -1.93. The molecule has 0 aromatic heterocycles. The van der Waals surface area contributed by atoms with E-state index in [0.29, 0.717) is 5.56 Å². The fourth-order valence-electron chi connectivity index (χ4n) is 1.22. The molecule has 0 aliphatic heterocycles. The Balaban J connectivity index is 2.56. The first-order valence-electron chi connectivity index (χ1n) is 5.23. The molecule has 0 aliphatic carbocycles. The molecule has 6 nitrogen and oxygen atoms in total. The first kappa shape index (κ1) is 14.6. The fourth-order valence-corrected chi connectivity index (χ4v) is 2.14. The van der Waals surface area contributed by atoms with E-state index >= 15 is 0 Å². The molecule has 0 atom stereocenters. The van der Waals surface area contributed by atoms with Crippen molar-refractivity contribution in [3.05, 3.63) is 35.4 Å². The summed E-state index contributed by atoms with van der Waals surface area (Å²) in [5, 5.41) is 8.71. The highest BCUT2D eigenvalue weighted by Crippen LogP contribution is 2.04. The number of carboxylic acids is 1. The van der Waals surface area contributed by atoms with Crippen LogP contribution >= 0.6 is 0 Å². The van der Waals surface area contributed by atoms with Crippen molar-refractivity contribution in [3.63, 3.8) is 0 Å². The van der Waals surface area contributed by atoms with Crippen LogP contribution in [0.4, 0.5) is 0 Å². The van der Waals surface area contributed by atoms with Crippen molar-refractivity contribution >= 4 is 16.0 Å². The molecule has 0 unspecified atom stereocenters. The Morgan fingerprint density at radius 1 is 1.33 bits per heavy atom. The molecule has 0 saturated carbocycles. The molecule has 0 radical (unpaired) electrons. The van der Waals surface area contributed by atoms with Gasteiger partial charge >= 0.3 is 5.97 Å². The lowest BCUT2D eigenvalue weighted by Crippen LogP contribution is -2.27. The van der Waals surface area contributed by atoms with Crippen LogP contribution in [0.25, 0.3) is 0 Å². The molecule has 0 aliphatic rings. The van der Waals surface area contributed by atoms with E-state index in [9.17, 15) is 13.2 Å². The molecular formula is C11H15NO5S. The predicted molar refractivity (Wildman–Crippen MR) is 65.9 cm³/mol. The van der Waals surface area contributed by atoms with Gasteiger partial charge in [0.05, 0.1) is 17.9 Å². The van der Waals surface area contributed by atoms with Crippen LogP contribution < -0.4 is 4.72 Å². The van der Waals surface area contributed by atoms with Crippen LogP contribution in [0.15, 0.2) is 24.3 Å². The van der Waals surface area contributed by atoms with E-state index in [4.69, 9.17) is 5.11 Å². The van der Waals surface area contributed by atoms with Gasteiger partial charge in [-0.25, -0.2) is 17.9 Å². The standard InChI is InChI=1S/C11H15NO5S/c1-17-6-7-18(15,16)12-8-9-2-4-10(5-3-9)11(13)14/h2-5,12H,6-8H2,1H3,(H,13,14). The molecule has 0 bridgehead atoms. The van der Waals surface area contributed by atoms with Crippen LogP contribution in [0, 0.1) is 0 Å². The maximum atomic E-state index is 11.5. The number of rotatable bonds is 7. The highest BCUT2D eigenvalue weighted by molar-refractivity contribution is 7.89. The van der Waals surface area contributed by atoms with Crippen LogP contribution in [-0.4, -0.2) is 39.0 Å². The van der Waals surface area contributed by atoms with Crippen molar-refractivity contribution in [1.29, 1.82) is 0 Å². The molecule has 100 valence electrons. The Morgan fingerprint density at radius 2 is 1.94 bits per heavy atom. The lowest BCUT2D eigenvalue weighted by molar-refractivity contribution is 0.0697. The van der Waals surface area contributed by atoms with Crippen LogP contribution in [0.3, 0.4) is 0 Å². The zero-order valence-corrected chi connectivity index (χ0v) is 10.7. The number of ether oxygens (including phenoxy) is 1. The summed E-state index contributed by atoms with van der Waals surface area (Å²) >= 11 is 0. The smallest absolute Gasteiger partial charge is 0.335 e. The molecule has 2 N–H and O–H groups in total. The van der Waals surface area contributed by atoms with Gasteiger partial charge in [-0.15, -0.1) is 0 Å². The Hall–Kier alpha value is -1.44. The van der Waals surface area contributed by atoms with Crippen molar-refractivity contribution < 1.29 is 23.1 Å². The Bertz CT molecular complexity index is 495. The lowest BCUT2D eigenvalue weighted by atomic mass is 10.1. The quantitative estimate of drug-likeness (QED) is 0.752. The molecule has 1 rings (SSSR count). The maximum Gasteiger partial charge on any atom is 0.335 e. The van der Waals surface area contributed by atoms with Crippen LogP contribution in [0.5, 0.6) is 0 Å². The van der Waals surface area contributed by atoms with Crippen molar-refractivity contribution in [2.45, 2.75) is 6.54 Å². The van der Waals surface area contributed by atoms with E-state index in [-0.39, 0.29) is 24.5 Å². The summed E-state index contributed by atoms with van der Waals surface area (Å²) in [6.45, 7) is 0.263. The number of sulfonamides is 1. The Kier molecular flexibility index (Phi) is 5.26. The predicted octanol–water partition coefficient (Wildman–Crippen LogP) is 0.451. The summed E-state index contributed by atoms with van der Waals surface area (Å²) in [5.74, 6) is -1.11. The van der Waals surface area contributed by atoms with Gasteiger partial charge in [0, 0.05) is 13.7 Å². The third-order valence-corrected chi connectivity index (χ3v) is 3.54. The van der Waals surface area contributed by atoms with Crippen LogP contribution in [-0.2, 0) is 21.3 Å². The molecule has 1 aromatic carbocycles. The van der Waals surface area contributed by atoms with E-state index in [2.05, 4.69) is 9.46 Å². The van der Waals surface area contributed by atoms with E-state index in [1.807, 2.05) is 0 Å². The zero-order chi connectivity index (χ0) is 13.6. The monoisotopic (exact) mass is 273 g/mol. The number of nitrogens with one attached hydrogen (secondary N) is 1. The van der Waals surface area contributed by atoms with E-state index < -0.39 is 16.0 Å². The first-order valence-corrected chi connectivity index (χ1v) is 6.88. The summed E-state index contributed by atoms with van der Waals surface area (Å²) in [6, 6.07) is 6.01. The number of hydrogen-bond acceptors (Lipinski definition) is 4. The molecule has 0 heterocycles. The van der Waals surface area contributed by atoms with E-state index in [1.54, 1.807) is 12.1 Å². The van der Waals surface area contributed by atoms with Gasteiger partial charge in [0.15, 0.2) is 0 Å². The third kappa shape index (κ3) is 4.82. The maximum absolute atomic E-state index is 11.5. The van der Waals surface area contributed by atoms with Crippen LogP contribution in [0.2, 0.25) is 0 Å². The van der Waals surface area contributed by atoms with Gasteiger partial charge in [0.1, 0.15) is 0 Å². The highest BCUT2D eigenvalue weighted by Gasteiger charge is 2.09. The molecule has 0 amide bonds. The van der Waals surface area contributed by atoms with E-state index in [1.165, 1.54) is 19.2 Å².